The molecule has 1 fully saturated rings. The smallest absolute Gasteiger partial charge is 0.330 e. The van der Waals surface area contributed by atoms with Gasteiger partial charge in [0.15, 0.2) is 0 Å². The average molecular weight is 212 g/mol. The number of aliphatic hydroxyl groups excluding tert-OH is 1. The number of methoxy groups -OCH3 is 2. The fraction of sp³-hybridized carbons (Fsp3) is 0.545. The number of hydrogen-bond donors (Lipinski definition) is 1. The highest BCUT2D eigenvalue weighted by Gasteiger charge is 2.27. The molecule has 0 saturated heterocycles. The van der Waals surface area contributed by atoms with E-state index < -0.39 is 12.1 Å². The fourth-order valence-corrected chi connectivity index (χ4v) is 1.60. The van der Waals surface area contributed by atoms with Gasteiger partial charge in [0.2, 0.25) is 0 Å². The van der Waals surface area contributed by atoms with Crippen molar-refractivity contribution in [3.8, 4) is 0 Å². The van der Waals surface area contributed by atoms with Gasteiger partial charge in [-0.05, 0) is 17.6 Å². The summed E-state index contributed by atoms with van der Waals surface area (Å²) < 4.78 is 9.69. The van der Waals surface area contributed by atoms with Gasteiger partial charge in [0.1, 0.15) is 0 Å². The summed E-state index contributed by atoms with van der Waals surface area (Å²) in [6.45, 7) is 3.75. The highest BCUT2D eigenvalue weighted by atomic mass is 16.5. The monoisotopic (exact) mass is 212 g/mol. The van der Waals surface area contributed by atoms with E-state index in [0.717, 1.165) is 0 Å². The van der Waals surface area contributed by atoms with Crippen LogP contribution in [0.4, 0.5) is 0 Å². The summed E-state index contributed by atoms with van der Waals surface area (Å²) in [5.41, 5.74) is 1.28. The van der Waals surface area contributed by atoms with Crippen molar-refractivity contribution in [1.29, 1.82) is 0 Å². The minimum absolute atomic E-state index is 0.0681. The largest absolute Gasteiger partial charge is 0.466 e. The van der Waals surface area contributed by atoms with Gasteiger partial charge in [-0.1, -0.05) is 6.58 Å². The molecule has 4 nitrogen and oxygen atoms in total. The number of carbonyl (C=O) groups is 1. The van der Waals surface area contributed by atoms with Crippen LogP contribution in [0.25, 0.3) is 0 Å². The molecule has 1 rings (SSSR count). The van der Waals surface area contributed by atoms with Crippen LogP contribution in [0, 0.1) is 0 Å². The summed E-state index contributed by atoms with van der Waals surface area (Å²) in [7, 11) is 2.90. The zero-order valence-electron chi connectivity index (χ0n) is 9.03. The number of aliphatic hydroxyl groups is 1. The predicted molar refractivity (Wildman–Crippen MR) is 55.3 cm³/mol. The van der Waals surface area contributed by atoms with Crippen molar-refractivity contribution in [2.45, 2.75) is 25.0 Å². The number of carbonyl (C=O) groups excluding carboxylic acids is 1. The molecular formula is C11H16O4. The first-order chi connectivity index (χ1) is 7.08. The van der Waals surface area contributed by atoms with E-state index >= 15 is 0 Å². The van der Waals surface area contributed by atoms with E-state index in [1.165, 1.54) is 13.2 Å². The van der Waals surface area contributed by atoms with Crippen molar-refractivity contribution in [2.24, 2.45) is 0 Å². The number of rotatable bonds is 2. The SMILES string of the molecule is C=C1/C(=C/C(=O)OC)CC(OC)CC1O. The van der Waals surface area contributed by atoms with Crippen LogP contribution in [0.3, 0.4) is 0 Å². The van der Waals surface area contributed by atoms with Crippen LogP contribution < -0.4 is 0 Å². The number of esters is 1. The Labute approximate surface area is 89.2 Å². The summed E-state index contributed by atoms with van der Waals surface area (Å²) in [5.74, 6) is -0.435. The van der Waals surface area contributed by atoms with Crippen LogP contribution in [0.2, 0.25) is 0 Å². The summed E-state index contributed by atoms with van der Waals surface area (Å²) >= 11 is 0. The van der Waals surface area contributed by atoms with Crippen molar-refractivity contribution in [3.05, 3.63) is 23.8 Å². The first-order valence-electron chi connectivity index (χ1n) is 4.77. The zero-order valence-corrected chi connectivity index (χ0v) is 9.03. The Hall–Kier alpha value is -1.13. The molecule has 0 spiro atoms. The minimum Gasteiger partial charge on any atom is -0.466 e. The highest BCUT2D eigenvalue weighted by Crippen LogP contribution is 2.29. The van der Waals surface area contributed by atoms with E-state index in [1.807, 2.05) is 0 Å². The lowest BCUT2D eigenvalue weighted by Gasteiger charge is -2.28. The van der Waals surface area contributed by atoms with Crippen molar-refractivity contribution in [1.82, 2.24) is 0 Å². The molecule has 0 amide bonds. The lowest BCUT2D eigenvalue weighted by molar-refractivity contribution is -0.134. The fourth-order valence-electron chi connectivity index (χ4n) is 1.60. The second-order valence-electron chi connectivity index (χ2n) is 3.53. The third-order valence-corrected chi connectivity index (χ3v) is 2.58. The van der Waals surface area contributed by atoms with E-state index in [0.29, 0.717) is 24.0 Å². The molecular weight excluding hydrogens is 196 g/mol. The van der Waals surface area contributed by atoms with Crippen LogP contribution in [0.5, 0.6) is 0 Å². The standard InChI is InChI=1S/C11H16O4/c1-7-8(5-11(13)15-3)4-9(14-2)6-10(7)12/h5,9-10,12H,1,4,6H2,2-3H3/b8-5+. The van der Waals surface area contributed by atoms with Crippen LogP contribution in [-0.4, -0.2) is 37.5 Å². The maximum absolute atomic E-state index is 11.1. The van der Waals surface area contributed by atoms with E-state index in [4.69, 9.17) is 4.74 Å². The molecule has 0 heterocycles. The van der Waals surface area contributed by atoms with Gasteiger partial charge in [0, 0.05) is 19.6 Å². The van der Waals surface area contributed by atoms with Gasteiger partial charge in [-0.2, -0.15) is 0 Å². The van der Waals surface area contributed by atoms with Crippen LogP contribution in [-0.2, 0) is 14.3 Å². The Bertz CT molecular complexity index is 293. The molecule has 1 aliphatic carbocycles. The lowest BCUT2D eigenvalue weighted by atomic mass is 9.86. The third kappa shape index (κ3) is 2.91. The summed E-state index contributed by atoms with van der Waals surface area (Å²) in [4.78, 5) is 11.1. The van der Waals surface area contributed by atoms with Gasteiger partial charge in [-0.25, -0.2) is 4.79 Å². The quantitative estimate of drug-likeness (QED) is 0.543. The molecule has 84 valence electrons. The molecule has 0 bridgehead atoms. The van der Waals surface area contributed by atoms with Gasteiger partial charge in [0.25, 0.3) is 0 Å². The van der Waals surface area contributed by atoms with Crippen molar-refractivity contribution < 1.29 is 19.4 Å². The van der Waals surface area contributed by atoms with Crippen LogP contribution >= 0.6 is 0 Å². The molecule has 2 atom stereocenters. The summed E-state index contributed by atoms with van der Waals surface area (Å²) in [6, 6.07) is 0. The summed E-state index contributed by atoms with van der Waals surface area (Å²) in [6.07, 6.45) is 1.76. The molecule has 0 aromatic rings. The normalized spacial score (nSPS) is 29.3. The van der Waals surface area contributed by atoms with Gasteiger partial charge >= 0.3 is 5.97 Å². The molecule has 1 N–H and O–H groups in total. The van der Waals surface area contributed by atoms with E-state index in [-0.39, 0.29) is 6.10 Å². The van der Waals surface area contributed by atoms with E-state index in [2.05, 4.69) is 11.3 Å². The summed E-state index contributed by atoms with van der Waals surface area (Å²) in [5, 5.41) is 9.66. The highest BCUT2D eigenvalue weighted by molar-refractivity contribution is 5.83. The lowest BCUT2D eigenvalue weighted by Crippen LogP contribution is -2.28. The second kappa shape index (κ2) is 5.09. The second-order valence-corrected chi connectivity index (χ2v) is 3.53. The van der Waals surface area contributed by atoms with E-state index in [9.17, 15) is 9.90 Å². The molecule has 0 radical (unpaired) electrons. The van der Waals surface area contributed by atoms with Gasteiger partial charge in [-0.15, -0.1) is 0 Å². The topological polar surface area (TPSA) is 55.8 Å². The first kappa shape index (κ1) is 11.9. The van der Waals surface area contributed by atoms with E-state index in [1.54, 1.807) is 7.11 Å². The number of ether oxygens (including phenoxy) is 2. The van der Waals surface area contributed by atoms with Gasteiger partial charge < -0.3 is 14.6 Å². The predicted octanol–water partition coefficient (Wildman–Crippen LogP) is 0.812. The molecule has 1 saturated carbocycles. The Morgan fingerprint density at radius 3 is 2.80 bits per heavy atom. The van der Waals surface area contributed by atoms with Gasteiger partial charge in [0.05, 0.1) is 19.3 Å². The Balaban J connectivity index is 2.81. The van der Waals surface area contributed by atoms with Crippen molar-refractivity contribution in [3.63, 3.8) is 0 Å². The van der Waals surface area contributed by atoms with Gasteiger partial charge in [-0.3, -0.25) is 0 Å². The first-order valence-corrected chi connectivity index (χ1v) is 4.77. The molecule has 0 aromatic heterocycles. The maximum Gasteiger partial charge on any atom is 0.330 e. The Kier molecular flexibility index (Phi) is 4.05. The molecule has 2 unspecified atom stereocenters. The molecule has 0 aliphatic heterocycles. The minimum atomic E-state index is -0.639. The molecule has 1 aliphatic rings. The van der Waals surface area contributed by atoms with Crippen LogP contribution in [0.1, 0.15) is 12.8 Å². The Morgan fingerprint density at radius 1 is 1.60 bits per heavy atom. The van der Waals surface area contributed by atoms with Crippen LogP contribution in [0.15, 0.2) is 23.8 Å². The maximum atomic E-state index is 11.1. The van der Waals surface area contributed by atoms with Crippen molar-refractivity contribution in [2.75, 3.05) is 14.2 Å². The molecule has 4 heteroatoms. The average Bonchev–Trinajstić information content (AvgIpc) is 2.24. The van der Waals surface area contributed by atoms with Crippen molar-refractivity contribution >= 4 is 5.97 Å². The molecule has 15 heavy (non-hydrogen) atoms. The Morgan fingerprint density at radius 2 is 2.27 bits per heavy atom. The zero-order chi connectivity index (χ0) is 11.4. The third-order valence-electron chi connectivity index (χ3n) is 2.58. The molecule has 0 aromatic carbocycles. The number of hydrogen-bond acceptors (Lipinski definition) is 4.